The molecule has 108 valence electrons. The fourth-order valence-electron chi connectivity index (χ4n) is 3.11. The average Bonchev–Trinajstić information content (AvgIpc) is 2.83. The Kier molecular flexibility index (Phi) is 3.82. The second-order valence-corrected chi connectivity index (χ2v) is 5.38. The van der Waals surface area contributed by atoms with Crippen LogP contribution >= 0.6 is 0 Å². The Hall–Kier alpha value is -1.69. The van der Waals surface area contributed by atoms with Crippen molar-refractivity contribution in [2.75, 3.05) is 38.2 Å². The Bertz CT molecular complexity index is 477. The summed E-state index contributed by atoms with van der Waals surface area (Å²) in [5.41, 5.74) is 0.258. The topological polar surface area (TPSA) is 58.6 Å². The summed E-state index contributed by atoms with van der Waals surface area (Å²) in [7, 11) is 1.35. The number of aromatic nitrogens is 2. The molecule has 0 aromatic carbocycles. The van der Waals surface area contributed by atoms with E-state index in [4.69, 9.17) is 0 Å². The number of hydrogen-bond donors (Lipinski definition) is 0. The van der Waals surface area contributed by atoms with Crippen LogP contribution < -0.4 is 4.90 Å². The van der Waals surface area contributed by atoms with Crippen LogP contribution in [0.15, 0.2) is 12.4 Å². The van der Waals surface area contributed by atoms with E-state index >= 15 is 0 Å². The minimum atomic E-state index is -0.443. The Balaban J connectivity index is 1.73. The van der Waals surface area contributed by atoms with Crippen LogP contribution in [-0.2, 0) is 4.74 Å². The van der Waals surface area contributed by atoms with Gasteiger partial charge in [-0.15, -0.1) is 0 Å². The zero-order valence-corrected chi connectivity index (χ0v) is 11.8. The molecule has 0 N–H and O–H groups in total. The molecule has 0 aliphatic carbocycles. The van der Waals surface area contributed by atoms with Crippen molar-refractivity contribution in [1.29, 1.82) is 0 Å². The Morgan fingerprint density at radius 3 is 2.85 bits per heavy atom. The summed E-state index contributed by atoms with van der Waals surface area (Å²) in [5.74, 6) is 0.410. The molecule has 0 amide bonds. The summed E-state index contributed by atoms with van der Waals surface area (Å²) in [6.07, 6.45) is 6.89. The van der Waals surface area contributed by atoms with E-state index in [1.54, 1.807) is 6.20 Å². The van der Waals surface area contributed by atoms with Gasteiger partial charge in [-0.2, -0.15) is 0 Å². The van der Waals surface area contributed by atoms with Gasteiger partial charge in [0.05, 0.1) is 19.5 Å². The number of nitrogens with zero attached hydrogens (tertiary/aromatic N) is 4. The molecule has 0 radical (unpaired) electrons. The van der Waals surface area contributed by atoms with Crippen LogP contribution in [0.5, 0.6) is 0 Å². The maximum Gasteiger partial charge on any atom is 0.358 e. The van der Waals surface area contributed by atoms with Crippen molar-refractivity contribution >= 4 is 11.8 Å². The molecule has 2 saturated heterocycles. The highest BCUT2D eigenvalue weighted by Gasteiger charge is 2.29. The summed E-state index contributed by atoms with van der Waals surface area (Å²) in [6, 6.07) is 0.639. The van der Waals surface area contributed by atoms with E-state index in [0.29, 0.717) is 6.04 Å². The monoisotopic (exact) mass is 276 g/mol. The lowest BCUT2D eigenvalue weighted by Crippen LogP contribution is -2.37. The third kappa shape index (κ3) is 2.60. The van der Waals surface area contributed by atoms with Gasteiger partial charge in [-0.3, -0.25) is 4.90 Å². The molecule has 2 fully saturated rings. The number of methoxy groups -OCH3 is 1. The molecule has 3 heterocycles. The zero-order chi connectivity index (χ0) is 13.9. The molecular weight excluding hydrogens is 256 g/mol. The van der Waals surface area contributed by atoms with E-state index in [9.17, 15) is 4.79 Å². The van der Waals surface area contributed by atoms with Crippen molar-refractivity contribution in [2.45, 2.75) is 25.3 Å². The van der Waals surface area contributed by atoms with Crippen LogP contribution in [0.25, 0.3) is 0 Å². The van der Waals surface area contributed by atoms with Crippen molar-refractivity contribution < 1.29 is 9.53 Å². The van der Waals surface area contributed by atoms with Crippen molar-refractivity contribution in [2.24, 2.45) is 0 Å². The number of anilines is 1. The van der Waals surface area contributed by atoms with Crippen LogP contribution in [0.2, 0.25) is 0 Å². The molecule has 1 unspecified atom stereocenters. The molecular formula is C14H20N4O2. The van der Waals surface area contributed by atoms with Crippen LogP contribution in [0.1, 0.15) is 29.8 Å². The summed E-state index contributed by atoms with van der Waals surface area (Å²) < 4.78 is 4.64. The fourth-order valence-corrected chi connectivity index (χ4v) is 3.11. The number of rotatable bonds is 2. The summed E-state index contributed by atoms with van der Waals surface area (Å²) >= 11 is 0. The smallest absolute Gasteiger partial charge is 0.358 e. The molecule has 1 aromatic rings. The predicted octanol–water partition coefficient (Wildman–Crippen LogP) is 0.938. The third-order valence-corrected chi connectivity index (χ3v) is 4.16. The summed E-state index contributed by atoms with van der Waals surface area (Å²) in [6.45, 7) is 4.41. The molecule has 0 bridgehead atoms. The quantitative estimate of drug-likeness (QED) is 0.749. The largest absolute Gasteiger partial charge is 0.464 e. The first-order chi connectivity index (χ1) is 9.78. The van der Waals surface area contributed by atoms with E-state index in [1.807, 2.05) is 0 Å². The highest BCUT2D eigenvalue weighted by atomic mass is 16.5. The highest BCUT2D eigenvalue weighted by Crippen LogP contribution is 2.23. The van der Waals surface area contributed by atoms with Gasteiger partial charge in [-0.25, -0.2) is 14.8 Å². The van der Waals surface area contributed by atoms with E-state index in [0.717, 1.165) is 25.3 Å². The van der Waals surface area contributed by atoms with E-state index in [-0.39, 0.29) is 5.69 Å². The Labute approximate surface area is 118 Å². The van der Waals surface area contributed by atoms with Crippen LogP contribution in [0.3, 0.4) is 0 Å². The average molecular weight is 276 g/mol. The van der Waals surface area contributed by atoms with Crippen LogP contribution in [0.4, 0.5) is 5.82 Å². The first-order valence-electron chi connectivity index (χ1n) is 7.17. The molecule has 2 aliphatic rings. The second-order valence-electron chi connectivity index (χ2n) is 5.38. The second kappa shape index (κ2) is 5.75. The molecule has 1 aromatic heterocycles. The minimum absolute atomic E-state index is 0.258. The molecule has 0 saturated carbocycles. The summed E-state index contributed by atoms with van der Waals surface area (Å²) in [5, 5.41) is 0. The normalized spacial score (nSPS) is 23.2. The van der Waals surface area contributed by atoms with Gasteiger partial charge in [-0.05, 0) is 25.8 Å². The molecule has 6 heteroatoms. The standard InChI is InChI=1S/C14H20N4O2/c1-20-14(19)12-8-16-13(9-15-12)18-7-3-6-17-5-2-4-11(17)10-18/h8-9,11H,2-7,10H2,1H3. The van der Waals surface area contributed by atoms with Gasteiger partial charge >= 0.3 is 5.97 Å². The van der Waals surface area contributed by atoms with Crippen molar-refractivity contribution in [3.8, 4) is 0 Å². The van der Waals surface area contributed by atoms with Gasteiger partial charge in [0.25, 0.3) is 0 Å². The zero-order valence-electron chi connectivity index (χ0n) is 11.8. The number of esters is 1. The lowest BCUT2D eigenvalue weighted by Gasteiger charge is -2.26. The van der Waals surface area contributed by atoms with E-state index in [2.05, 4.69) is 24.5 Å². The number of carbonyl (C=O) groups is 1. The van der Waals surface area contributed by atoms with Gasteiger partial charge in [0, 0.05) is 25.7 Å². The van der Waals surface area contributed by atoms with Gasteiger partial charge in [0.1, 0.15) is 5.82 Å². The van der Waals surface area contributed by atoms with Gasteiger partial charge < -0.3 is 9.64 Å². The molecule has 6 nitrogen and oxygen atoms in total. The third-order valence-electron chi connectivity index (χ3n) is 4.16. The maximum absolute atomic E-state index is 11.4. The van der Waals surface area contributed by atoms with Crippen molar-refractivity contribution in [3.05, 3.63) is 18.1 Å². The molecule has 2 aliphatic heterocycles. The predicted molar refractivity (Wildman–Crippen MR) is 74.8 cm³/mol. The molecule has 0 spiro atoms. The molecule has 1 atom stereocenters. The summed E-state index contributed by atoms with van der Waals surface area (Å²) in [4.78, 5) is 24.7. The van der Waals surface area contributed by atoms with E-state index in [1.165, 1.54) is 39.2 Å². The lowest BCUT2D eigenvalue weighted by molar-refractivity contribution is 0.0593. The SMILES string of the molecule is COC(=O)c1cnc(N2CCCN3CCCC3C2)cn1. The molecule has 3 rings (SSSR count). The number of ether oxygens (including phenoxy) is 1. The minimum Gasteiger partial charge on any atom is -0.464 e. The first kappa shape index (κ1) is 13.3. The van der Waals surface area contributed by atoms with E-state index < -0.39 is 5.97 Å². The lowest BCUT2D eigenvalue weighted by atomic mass is 10.2. The number of fused-ring (bicyclic) bond motifs is 1. The Morgan fingerprint density at radius 1 is 1.25 bits per heavy atom. The number of hydrogen-bond acceptors (Lipinski definition) is 6. The maximum atomic E-state index is 11.4. The fraction of sp³-hybridized carbons (Fsp3) is 0.643. The van der Waals surface area contributed by atoms with Crippen molar-refractivity contribution in [3.63, 3.8) is 0 Å². The van der Waals surface area contributed by atoms with Gasteiger partial charge in [0.15, 0.2) is 5.69 Å². The Morgan fingerprint density at radius 2 is 2.10 bits per heavy atom. The molecule has 20 heavy (non-hydrogen) atoms. The van der Waals surface area contributed by atoms with Gasteiger partial charge in [0.2, 0.25) is 0 Å². The van der Waals surface area contributed by atoms with Crippen LogP contribution in [-0.4, -0.2) is 60.2 Å². The highest BCUT2D eigenvalue weighted by molar-refractivity contribution is 5.86. The first-order valence-corrected chi connectivity index (χ1v) is 7.17. The van der Waals surface area contributed by atoms with Gasteiger partial charge in [-0.1, -0.05) is 0 Å². The van der Waals surface area contributed by atoms with Crippen molar-refractivity contribution in [1.82, 2.24) is 14.9 Å². The van der Waals surface area contributed by atoms with Crippen LogP contribution in [0, 0.1) is 0 Å². The number of carbonyl (C=O) groups excluding carboxylic acids is 1.